The van der Waals surface area contributed by atoms with Crippen molar-refractivity contribution < 1.29 is 44.0 Å². The van der Waals surface area contributed by atoms with Gasteiger partial charge in [-0.25, -0.2) is 0 Å². The highest BCUT2D eigenvalue weighted by atomic mass is 127. The Labute approximate surface area is 193 Å². The molecule has 9 nitrogen and oxygen atoms in total. The average Bonchev–Trinajstić information content (AvgIpc) is 2.74. The highest BCUT2D eigenvalue weighted by Crippen LogP contribution is 2.49. The first kappa shape index (κ1) is 21.6. The molecule has 2 aliphatic rings. The molecule has 3 N–H and O–H groups in total. The van der Waals surface area contributed by atoms with Crippen molar-refractivity contribution in [2.75, 3.05) is 14.2 Å². The van der Waals surface area contributed by atoms with Crippen molar-refractivity contribution in [2.45, 2.75) is 0 Å². The fourth-order valence-electron chi connectivity index (χ4n) is 3.81. The molecule has 0 bridgehead atoms. The van der Waals surface area contributed by atoms with Crippen LogP contribution >= 0.6 is 22.6 Å². The van der Waals surface area contributed by atoms with Crippen LogP contribution in [0.25, 0.3) is 11.1 Å². The van der Waals surface area contributed by atoms with Crippen LogP contribution in [0.3, 0.4) is 0 Å². The van der Waals surface area contributed by atoms with Gasteiger partial charge in [0.25, 0.3) is 0 Å². The maximum absolute atomic E-state index is 12.9. The molecule has 0 aromatic heterocycles. The number of aliphatic hydroxyl groups is 2. The summed E-state index contributed by atoms with van der Waals surface area (Å²) >= 11 is 1.81. The van der Waals surface area contributed by atoms with E-state index >= 15 is 0 Å². The molecule has 2 aromatic carbocycles. The van der Waals surface area contributed by atoms with Crippen LogP contribution in [0, 0.1) is 3.57 Å². The van der Waals surface area contributed by atoms with Gasteiger partial charge in [-0.05, 0) is 28.7 Å². The summed E-state index contributed by atoms with van der Waals surface area (Å²) < 4.78 is 11.1. The minimum absolute atomic E-state index is 0.0333. The summed E-state index contributed by atoms with van der Waals surface area (Å²) in [6.45, 7) is 0. The molecule has 0 atom stereocenters. The second-order valence-electron chi connectivity index (χ2n) is 6.85. The van der Waals surface area contributed by atoms with E-state index in [9.17, 15) is 34.5 Å². The summed E-state index contributed by atoms with van der Waals surface area (Å²) in [5.41, 5.74) is -1.19. The molecule has 2 aromatic rings. The summed E-state index contributed by atoms with van der Waals surface area (Å²) in [4.78, 5) is 51.1. The summed E-state index contributed by atoms with van der Waals surface area (Å²) in [7, 11) is 2.55. The molecular weight excluding hydrogens is 535 g/mol. The number of ether oxygens (including phenoxy) is 2. The van der Waals surface area contributed by atoms with Gasteiger partial charge in [0.1, 0.15) is 17.2 Å². The predicted molar refractivity (Wildman–Crippen MR) is 118 cm³/mol. The lowest BCUT2D eigenvalue weighted by Crippen LogP contribution is -2.22. The van der Waals surface area contributed by atoms with E-state index in [1.807, 2.05) is 22.6 Å². The first-order valence-corrected chi connectivity index (χ1v) is 10.0. The summed E-state index contributed by atoms with van der Waals surface area (Å²) in [6.07, 6.45) is 1.44. The van der Waals surface area contributed by atoms with Gasteiger partial charge in [0.05, 0.1) is 25.3 Å². The number of rotatable bonds is 3. The molecule has 10 heteroatoms. The number of carbonyl (C=O) groups excluding carboxylic acids is 4. The van der Waals surface area contributed by atoms with E-state index < -0.39 is 46.0 Å². The number of halogens is 1. The molecule has 0 radical (unpaired) electrons. The predicted octanol–water partition coefficient (Wildman–Crippen LogP) is 3.32. The Morgan fingerprint density at radius 2 is 1.09 bits per heavy atom. The van der Waals surface area contributed by atoms with Crippen molar-refractivity contribution in [3.63, 3.8) is 0 Å². The van der Waals surface area contributed by atoms with E-state index in [1.54, 1.807) is 0 Å². The van der Waals surface area contributed by atoms with Crippen molar-refractivity contribution in [3.8, 4) is 28.4 Å². The molecule has 32 heavy (non-hydrogen) atoms. The molecule has 0 aliphatic heterocycles. The summed E-state index contributed by atoms with van der Waals surface area (Å²) in [6, 6.07) is 2.49. The molecular formula is C22H13IO9. The van der Waals surface area contributed by atoms with Gasteiger partial charge in [-0.2, -0.15) is 0 Å². The van der Waals surface area contributed by atoms with Crippen molar-refractivity contribution >= 4 is 45.7 Å². The first-order valence-electron chi connectivity index (χ1n) is 8.96. The van der Waals surface area contributed by atoms with E-state index in [2.05, 4.69) is 0 Å². The number of benzene rings is 2. The van der Waals surface area contributed by atoms with Crippen LogP contribution in [0.4, 0.5) is 0 Å². The van der Waals surface area contributed by atoms with Gasteiger partial charge < -0.3 is 24.8 Å². The molecule has 2 aliphatic carbocycles. The molecule has 0 fully saturated rings. The standard InChI is InChI=1S/C22H13IO9/c1-31-13-3-7(23)15-16(8(24)4-11(27)21(15)29)19(13)20-14(32-2)6-10(26)18-17(20)9(25)5-12(28)22(18)30/h3-6,26-28H,1-2H3. The fraction of sp³-hybridized carbons (Fsp3) is 0.0909. The minimum Gasteiger partial charge on any atom is -0.507 e. The van der Waals surface area contributed by atoms with Crippen molar-refractivity contribution in [1.82, 2.24) is 0 Å². The smallest absolute Gasteiger partial charge is 0.231 e. The van der Waals surface area contributed by atoms with Gasteiger partial charge in [-0.3, -0.25) is 19.2 Å². The third kappa shape index (κ3) is 2.90. The van der Waals surface area contributed by atoms with Gasteiger partial charge >= 0.3 is 0 Å². The van der Waals surface area contributed by atoms with Gasteiger partial charge in [-0.1, -0.05) is 0 Å². The number of carbonyl (C=O) groups is 4. The van der Waals surface area contributed by atoms with E-state index in [0.717, 1.165) is 12.1 Å². The molecule has 0 amide bonds. The molecule has 0 spiro atoms. The Hall–Kier alpha value is -3.67. The van der Waals surface area contributed by atoms with Crippen molar-refractivity contribution in [2.24, 2.45) is 0 Å². The average molecular weight is 548 g/mol. The summed E-state index contributed by atoms with van der Waals surface area (Å²) in [5.74, 6) is -5.59. The molecule has 162 valence electrons. The van der Waals surface area contributed by atoms with Crippen LogP contribution in [0.2, 0.25) is 0 Å². The van der Waals surface area contributed by atoms with Gasteiger partial charge in [0.15, 0.2) is 23.1 Å². The second kappa shape index (κ2) is 7.48. The van der Waals surface area contributed by atoms with Crippen LogP contribution in [0.1, 0.15) is 41.4 Å². The number of methoxy groups -OCH3 is 2. The fourth-order valence-corrected chi connectivity index (χ4v) is 4.61. The van der Waals surface area contributed by atoms with E-state index in [-0.39, 0.29) is 39.3 Å². The zero-order valence-corrected chi connectivity index (χ0v) is 18.6. The normalized spacial score (nSPS) is 15.1. The minimum atomic E-state index is -1.00. The highest BCUT2D eigenvalue weighted by Gasteiger charge is 2.39. The third-order valence-corrected chi connectivity index (χ3v) is 6.00. The number of Topliss-reactive ketones (excluding diaryl/α,β-unsaturated/α-hetero) is 2. The maximum Gasteiger partial charge on any atom is 0.231 e. The number of phenols is 1. The number of allylic oxidation sites excluding steroid dienone is 4. The van der Waals surface area contributed by atoms with E-state index in [4.69, 9.17) is 9.47 Å². The van der Waals surface area contributed by atoms with Crippen LogP contribution in [0.5, 0.6) is 17.2 Å². The number of hydrogen-bond donors (Lipinski definition) is 3. The van der Waals surface area contributed by atoms with Crippen LogP contribution < -0.4 is 9.47 Å². The zero-order valence-electron chi connectivity index (χ0n) is 16.5. The molecule has 0 saturated heterocycles. The number of ketones is 4. The molecule has 4 rings (SSSR count). The molecule has 0 unspecified atom stereocenters. The Balaban J connectivity index is 2.24. The molecule has 0 heterocycles. The highest BCUT2D eigenvalue weighted by molar-refractivity contribution is 14.1. The Kier molecular flexibility index (Phi) is 5.04. The monoisotopic (exact) mass is 548 g/mol. The van der Waals surface area contributed by atoms with Gasteiger partial charge in [-0.15, -0.1) is 0 Å². The van der Waals surface area contributed by atoms with Crippen LogP contribution in [-0.2, 0) is 0 Å². The number of aliphatic hydroxyl groups excluding tert-OH is 2. The van der Waals surface area contributed by atoms with Gasteiger partial charge in [0, 0.05) is 44.0 Å². The lowest BCUT2D eigenvalue weighted by atomic mass is 9.80. The quantitative estimate of drug-likeness (QED) is 0.492. The number of fused-ring (bicyclic) bond motifs is 2. The van der Waals surface area contributed by atoms with E-state index in [0.29, 0.717) is 9.65 Å². The first-order chi connectivity index (χ1) is 15.1. The van der Waals surface area contributed by atoms with Crippen LogP contribution in [-0.4, -0.2) is 52.7 Å². The third-order valence-electron chi connectivity index (χ3n) is 5.15. The Morgan fingerprint density at radius 3 is 1.59 bits per heavy atom. The lowest BCUT2D eigenvalue weighted by Gasteiger charge is -2.25. The Bertz CT molecular complexity index is 1240. The SMILES string of the molecule is COc1cc(O)c2c(c1-c1c(OC)cc(I)c3c1C(=O)C=C(O)C3=O)C(=O)C=C(O)C2=O. The second-order valence-corrected chi connectivity index (χ2v) is 8.02. The maximum atomic E-state index is 12.9. The number of phenolic OH excluding ortho intramolecular Hbond substituents is 1. The van der Waals surface area contributed by atoms with Gasteiger partial charge in [0.2, 0.25) is 11.6 Å². The van der Waals surface area contributed by atoms with E-state index in [1.165, 1.54) is 20.3 Å². The number of aromatic hydroxyl groups is 1. The summed E-state index contributed by atoms with van der Waals surface area (Å²) in [5, 5.41) is 30.1. The lowest BCUT2D eigenvalue weighted by molar-refractivity contribution is 0.0935. The topological polar surface area (TPSA) is 147 Å². The van der Waals surface area contributed by atoms with Crippen LogP contribution in [0.15, 0.2) is 35.8 Å². The largest absolute Gasteiger partial charge is 0.507 e. The van der Waals surface area contributed by atoms with Crippen molar-refractivity contribution in [3.05, 3.63) is 61.6 Å². The Morgan fingerprint density at radius 1 is 0.656 bits per heavy atom. The number of hydrogen-bond acceptors (Lipinski definition) is 9. The van der Waals surface area contributed by atoms with Crippen molar-refractivity contribution in [1.29, 1.82) is 0 Å². The zero-order chi connectivity index (χ0) is 23.5. The molecule has 0 saturated carbocycles.